The first kappa shape index (κ1) is 13.5. The SMILES string of the molecule is CCNC(=O)c1c(C)nn(-c2ccc(F)cc2)c1Cl. The fourth-order valence-corrected chi connectivity index (χ4v) is 2.12. The van der Waals surface area contributed by atoms with Gasteiger partial charge in [0.2, 0.25) is 0 Å². The standard InChI is InChI=1S/C13H13ClFN3O/c1-3-16-13(19)11-8(2)17-18(12(11)14)10-6-4-9(15)5-7-10/h4-7H,3H2,1-2H3,(H,16,19). The highest BCUT2D eigenvalue weighted by atomic mass is 35.5. The van der Waals surface area contributed by atoms with E-state index < -0.39 is 0 Å². The molecule has 2 aromatic rings. The zero-order valence-electron chi connectivity index (χ0n) is 10.6. The van der Waals surface area contributed by atoms with Crippen molar-refractivity contribution in [1.29, 1.82) is 0 Å². The summed E-state index contributed by atoms with van der Waals surface area (Å²) in [5.41, 5.74) is 1.47. The number of hydrogen-bond donors (Lipinski definition) is 1. The highest BCUT2D eigenvalue weighted by Gasteiger charge is 2.20. The van der Waals surface area contributed by atoms with Crippen LogP contribution in [0, 0.1) is 12.7 Å². The second-order valence-electron chi connectivity index (χ2n) is 4.00. The summed E-state index contributed by atoms with van der Waals surface area (Å²) in [5, 5.41) is 7.11. The number of benzene rings is 1. The van der Waals surface area contributed by atoms with Crippen LogP contribution >= 0.6 is 11.6 Å². The van der Waals surface area contributed by atoms with E-state index in [1.807, 2.05) is 6.92 Å². The summed E-state index contributed by atoms with van der Waals surface area (Å²) in [6.45, 7) is 4.04. The molecule has 0 saturated carbocycles. The number of nitrogens with one attached hydrogen (secondary N) is 1. The fourth-order valence-electron chi connectivity index (χ4n) is 1.76. The van der Waals surface area contributed by atoms with Crippen molar-refractivity contribution in [2.24, 2.45) is 0 Å². The molecule has 0 spiro atoms. The van der Waals surface area contributed by atoms with E-state index in [1.165, 1.54) is 16.8 Å². The predicted molar refractivity (Wildman–Crippen MR) is 71.3 cm³/mol. The maximum Gasteiger partial charge on any atom is 0.256 e. The Morgan fingerprint density at radius 1 is 1.42 bits per heavy atom. The number of aromatic nitrogens is 2. The van der Waals surface area contributed by atoms with Crippen LogP contribution in [0.25, 0.3) is 5.69 Å². The van der Waals surface area contributed by atoms with Gasteiger partial charge in [0.05, 0.1) is 16.9 Å². The van der Waals surface area contributed by atoms with Gasteiger partial charge in [-0.05, 0) is 38.1 Å². The van der Waals surface area contributed by atoms with Crippen molar-refractivity contribution in [2.75, 3.05) is 6.54 Å². The Hall–Kier alpha value is -1.88. The molecule has 0 aliphatic carbocycles. The Kier molecular flexibility index (Phi) is 3.85. The summed E-state index contributed by atoms with van der Waals surface area (Å²) in [6, 6.07) is 5.73. The lowest BCUT2D eigenvalue weighted by atomic mass is 10.2. The Balaban J connectivity index is 2.46. The molecule has 100 valence electrons. The second-order valence-corrected chi connectivity index (χ2v) is 4.36. The Bertz CT molecular complexity index is 607. The molecule has 1 N–H and O–H groups in total. The van der Waals surface area contributed by atoms with Crippen molar-refractivity contribution in [1.82, 2.24) is 15.1 Å². The van der Waals surface area contributed by atoms with E-state index in [1.54, 1.807) is 19.1 Å². The summed E-state index contributed by atoms with van der Waals surface area (Å²) in [4.78, 5) is 11.9. The molecule has 0 fully saturated rings. The zero-order chi connectivity index (χ0) is 14.0. The highest BCUT2D eigenvalue weighted by molar-refractivity contribution is 6.33. The van der Waals surface area contributed by atoms with Crippen LogP contribution in [0.15, 0.2) is 24.3 Å². The summed E-state index contributed by atoms with van der Waals surface area (Å²) in [6.07, 6.45) is 0. The Morgan fingerprint density at radius 3 is 2.63 bits per heavy atom. The van der Waals surface area contributed by atoms with Gasteiger partial charge in [0.15, 0.2) is 0 Å². The molecule has 19 heavy (non-hydrogen) atoms. The number of nitrogens with zero attached hydrogens (tertiary/aromatic N) is 2. The van der Waals surface area contributed by atoms with Crippen LogP contribution in [-0.4, -0.2) is 22.2 Å². The molecule has 0 aliphatic heterocycles. The van der Waals surface area contributed by atoms with Crippen LogP contribution < -0.4 is 5.32 Å². The van der Waals surface area contributed by atoms with Crippen molar-refractivity contribution in [3.63, 3.8) is 0 Å². The number of carbonyl (C=O) groups excluding carboxylic acids is 1. The quantitative estimate of drug-likeness (QED) is 0.940. The summed E-state index contributed by atoms with van der Waals surface area (Å²) in [7, 11) is 0. The van der Waals surface area contributed by atoms with Crippen LogP contribution in [0.1, 0.15) is 23.0 Å². The van der Waals surface area contributed by atoms with E-state index in [9.17, 15) is 9.18 Å². The third-order valence-corrected chi connectivity index (χ3v) is 2.99. The van der Waals surface area contributed by atoms with Crippen molar-refractivity contribution in [3.05, 3.63) is 46.5 Å². The minimum absolute atomic E-state index is 0.218. The van der Waals surface area contributed by atoms with Gasteiger partial charge in [-0.3, -0.25) is 4.79 Å². The van der Waals surface area contributed by atoms with Gasteiger partial charge in [0.25, 0.3) is 5.91 Å². The van der Waals surface area contributed by atoms with Gasteiger partial charge in [-0.2, -0.15) is 5.10 Å². The summed E-state index contributed by atoms with van der Waals surface area (Å²) < 4.78 is 14.3. The predicted octanol–water partition coefficient (Wildman–Crippen LogP) is 2.72. The van der Waals surface area contributed by atoms with Gasteiger partial charge >= 0.3 is 0 Å². The lowest BCUT2D eigenvalue weighted by Crippen LogP contribution is -2.23. The lowest BCUT2D eigenvalue weighted by molar-refractivity contribution is 0.0955. The number of hydrogen-bond acceptors (Lipinski definition) is 2. The van der Waals surface area contributed by atoms with E-state index in [4.69, 9.17) is 11.6 Å². The van der Waals surface area contributed by atoms with Crippen molar-refractivity contribution in [3.8, 4) is 5.69 Å². The van der Waals surface area contributed by atoms with Gasteiger partial charge in [-0.15, -0.1) is 0 Å². The van der Waals surface area contributed by atoms with Crippen molar-refractivity contribution < 1.29 is 9.18 Å². The highest BCUT2D eigenvalue weighted by Crippen LogP contribution is 2.23. The maximum absolute atomic E-state index is 12.9. The molecule has 0 unspecified atom stereocenters. The normalized spacial score (nSPS) is 10.5. The Morgan fingerprint density at radius 2 is 2.05 bits per heavy atom. The van der Waals surface area contributed by atoms with Gasteiger partial charge in [0, 0.05) is 6.54 Å². The molecule has 0 aliphatic rings. The van der Waals surface area contributed by atoms with Crippen molar-refractivity contribution in [2.45, 2.75) is 13.8 Å². The third kappa shape index (κ3) is 2.61. The van der Waals surface area contributed by atoms with E-state index >= 15 is 0 Å². The third-order valence-electron chi connectivity index (χ3n) is 2.64. The van der Waals surface area contributed by atoms with E-state index in [-0.39, 0.29) is 16.9 Å². The molecule has 0 radical (unpaired) electrons. The minimum Gasteiger partial charge on any atom is -0.352 e. The molecular formula is C13H13ClFN3O. The maximum atomic E-state index is 12.9. The van der Waals surface area contributed by atoms with E-state index in [0.717, 1.165) is 0 Å². The van der Waals surface area contributed by atoms with Crippen LogP contribution in [0.4, 0.5) is 4.39 Å². The average molecular weight is 282 g/mol. The number of amides is 1. The van der Waals surface area contributed by atoms with Crippen LogP contribution in [0.2, 0.25) is 5.15 Å². The lowest BCUT2D eigenvalue weighted by Gasteiger charge is -2.04. The molecule has 2 rings (SSSR count). The summed E-state index contributed by atoms with van der Waals surface area (Å²) in [5.74, 6) is -0.605. The number of carbonyl (C=O) groups is 1. The molecule has 1 aromatic carbocycles. The summed E-state index contributed by atoms with van der Waals surface area (Å²) >= 11 is 6.18. The molecule has 0 bridgehead atoms. The van der Waals surface area contributed by atoms with Crippen LogP contribution in [0.5, 0.6) is 0 Å². The zero-order valence-corrected chi connectivity index (χ0v) is 11.3. The minimum atomic E-state index is -0.340. The van der Waals surface area contributed by atoms with E-state index in [0.29, 0.717) is 23.5 Å². The monoisotopic (exact) mass is 281 g/mol. The molecule has 1 heterocycles. The van der Waals surface area contributed by atoms with Gasteiger partial charge in [-0.1, -0.05) is 11.6 Å². The fraction of sp³-hybridized carbons (Fsp3) is 0.231. The molecule has 1 aromatic heterocycles. The molecule has 4 nitrogen and oxygen atoms in total. The molecule has 1 amide bonds. The first-order valence-corrected chi connectivity index (χ1v) is 6.21. The van der Waals surface area contributed by atoms with Crippen molar-refractivity contribution >= 4 is 17.5 Å². The second kappa shape index (κ2) is 5.40. The molecule has 6 heteroatoms. The number of aryl methyl sites for hydroxylation is 1. The largest absolute Gasteiger partial charge is 0.352 e. The number of rotatable bonds is 3. The van der Waals surface area contributed by atoms with E-state index in [2.05, 4.69) is 10.4 Å². The van der Waals surface area contributed by atoms with Gasteiger partial charge in [0.1, 0.15) is 11.0 Å². The Labute approximate surface area is 115 Å². The topological polar surface area (TPSA) is 46.9 Å². The average Bonchev–Trinajstić information content (AvgIpc) is 2.66. The van der Waals surface area contributed by atoms with Crippen LogP contribution in [0.3, 0.4) is 0 Å². The van der Waals surface area contributed by atoms with Gasteiger partial charge in [-0.25, -0.2) is 9.07 Å². The molecule has 0 saturated heterocycles. The van der Waals surface area contributed by atoms with Crippen LogP contribution in [-0.2, 0) is 0 Å². The molecule has 0 atom stereocenters. The first-order chi connectivity index (χ1) is 9.04. The first-order valence-electron chi connectivity index (χ1n) is 5.83. The molecular weight excluding hydrogens is 269 g/mol. The van der Waals surface area contributed by atoms with Gasteiger partial charge < -0.3 is 5.32 Å². The number of halogens is 2. The smallest absolute Gasteiger partial charge is 0.256 e.